The van der Waals surface area contributed by atoms with E-state index in [1.165, 1.54) is 7.05 Å². The van der Waals surface area contributed by atoms with Crippen molar-refractivity contribution in [2.45, 2.75) is 18.9 Å². The zero-order valence-electron chi connectivity index (χ0n) is 10.9. The molecule has 0 saturated carbocycles. The molecule has 8 nitrogen and oxygen atoms in total. The van der Waals surface area contributed by atoms with Gasteiger partial charge in [-0.05, 0) is 6.42 Å². The summed E-state index contributed by atoms with van der Waals surface area (Å²) in [4.78, 5) is 33.0. The van der Waals surface area contributed by atoms with Crippen LogP contribution in [0.3, 0.4) is 0 Å². The number of aromatic nitrogens is 3. The SMILES string of the molecule is CN1C(=O)CCC(Nc2nc(N)cn3ccnc23)C1=O. The predicted molar refractivity (Wildman–Crippen MR) is 71.8 cm³/mol. The van der Waals surface area contributed by atoms with E-state index in [-0.39, 0.29) is 11.8 Å². The summed E-state index contributed by atoms with van der Waals surface area (Å²) in [6.07, 6.45) is 5.78. The second-order valence-corrected chi connectivity index (χ2v) is 4.70. The highest BCUT2D eigenvalue weighted by Crippen LogP contribution is 2.20. The van der Waals surface area contributed by atoms with Crippen molar-refractivity contribution in [3.05, 3.63) is 18.6 Å². The molecule has 1 fully saturated rings. The summed E-state index contributed by atoms with van der Waals surface area (Å²) in [5.74, 6) is 0.330. The molecule has 0 aliphatic carbocycles. The average molecular weight is 274 g/mol. The number of hydrogen-bond acceptors (Lipinski definition) is 6. The molecule has 8 heteroatoms. The predicted octanol–water partition coefficient (Wildman–Crippen LogP) is -0.129. The third-order valence-corrected chi connectivity index (χ3v) is 3.35. The first-order valence-electron chi connectivity index (χ1n) is 6.22. The van der Waals surface area contributed by atoms with Crippen LogP contribution in [0, 0.1) is 0 Å². The molecule has 0 spiro atoms. The average Bonchev–Trinajstić information content (AvgIpc) is 2.87. The third-order valence-electron chi connectivity index (χ3n) is 3.35. The van der Waals surface area contributed by atoms with Crippen molar-refractivity contribution >= 4 is 29.1 Å². The highest BCUT2D eigenvalue weighted by atomic mass is 16.2. The molecule has 0 bridgehead atoms. The van der Waals surface area contributed by atoms with Gasteiger partial charge in [0, 0.05) is 25.9 Å². The van der Waals surface area contributed by atoms with E-state index in [2.05, 4.69) is 15.3 Å². The molecule has 3 N–H and O–H groups in total. The van der Waals surface area contributed by atoms with Gasteiger partial charge in [0.05, 0.1) is 6.20 Å². The molecular formula is C12H14N6O2. The lowest BCUT2D eigenvalue weighted by Gasteiger charge is -2.28. The number of likely N-dealkylation sites (N-methyl/N-ethyl adjacent to an activating group) is 1. The number of nitrogens with zero attached hydrogens (tertiary/aromatic N) is 4. The van der Waals surface area contributed by atoms with Gasteiger partial charge in [-0.1, -0.05) is 0 Å². The van der Waals surface area contributed by atoms with Gasteiger partial charge >= 0.3 is 0 Å². The number of carbonyl (C=O) groups is 2. The number of imide groups is 1. The molecule has 1 unspecified atom stereocenters. The Hall–Kier alpha value is -2.64. The van der Waals surface area contributed by atoms with E-state index in [4.69, 9.17) is 5.73 Å². The number of carbonyl (C=O) groups excluding carboxylic acids is 2. The molecule has 1 aliphatic rings. The van der Waals surface area contributed by atoms with E-state index in [1.807, 2.05) is 0 Å². The Morgan fingerprint density at radius 2 is 2.25 bits per heavy atom. The van der Waals surface area contributed by atoms with Gasteiger partial charge in [0.25, 0.3) is 5.91 Å². The van der Waals surface area contributed by atoms with Crippen molar-refractivity contribution < 1.29 is 9.59 Å². The summed E-state index contributed by atoms with van der Waals surface area (Å²) >= 11 is 0. The van der Waals surface area contributed by atoms with Crippen molar-refractivity contribution in [2.24, 2.45) is 0 Å². The highest BCUT2D eigenvalue weighted by Gasteiger charge is 2.32. The summed E-state index contributed by atoms with van der Waals surface area (Å²) in [5.41, 5.74) is 6.31. The first kappa shape index (κ1) is 12.4. The van der Waals surface area contributed by atoms with E-state index < -0.39 is 6.04 Å². The molecular weight excluding hydrogens is 260 g/mol. The molecule has 2 amide bonds. The molecule has 1 atom stereocenters. The topological polar surface area (TPSA) is 106 Å². The third kappa shape index (κ3) is 1.94. The largest absolute Gasteiger partial charge is 0.382 e. The Bertz CT molecular complexity index is 694. The lowest BCUT2D eigenvalue weighted by molar-refractivity contribution is -0.146. The zero-order chi connectivity index (χ0) is 14.3. The van der Waals surface area contributed by atoms with Crippen LogP contribution in [0.15, 0.2) is 18.6 Å². The summed E-state index contributed by atoms with van der Waals surface area (Å²) in [6, 6.07) is -0.493. The Morgan fingerprint density at radius 3 is 3.05 bits per heavy atom. The molecule has 2 aromatic heterocycles. The van der Waals surface area contributed by atoms with Gasteiger partial charge in [0.15, 0.2) is 11.5 Å². The summed E-state index contributed by atoms with van der Waals surface area (Å²) in [7, 11) is 1.48. The number of hydrogen-bond donors (Lipinski definition) is 2. The van der Waals surface area contributed by atoms with Crippen LogP contribution in [0.4, 0.5) is 11.6 Å². The minimum atomic E-state index is -0.493. The Labute approximate surface area is 114 Å². The van der Waals surface area contributed by atoms with Crippen molar-refractivity contribution in [3.63, 3.8) is 0 Å². The van der Waals surface area contributed by atoms with Crippen LogP contribution in [0.1, 0.15) is 12.8 Å². The lowest BCUT2D eigenvalue weighted by Crippen LogP contribution is -2.48. The van der Waals surface area contributed by atoms with Crippen LogP contribution in [0.5, 0.6) is 0 Å². The van der Waals surface area contributed by atoms with Crippen LogP contribution in [0.25, 0.3) is 5.65 Å². The van der Waals surface area contributed by atoms with Gasteiger partial charge in [-0.25, -0.2) is 9.97 Å². The normalized spacial score (nSPS) is 19.6. The maximum atomic E-state index is 12.1. The quantitative estimate of drug-likeness (QED) is 0.739. The number of rotatable bonds is 2. The van der Waals surface area contributed by atoms with Gasteiger partial charge in [-0.3, -0.25) is 14.5 Å². The van der Waals surface area contributed by atoms with Crippen LogP contribution < -0.4 is 11.1 Å². The number of imidazole rings is 1. The van der Waals surface area contributed by atoms with Gasteiger partial charge < -0.3 is 15.5 Å². The molecule has 104 valence electrons. The van der Waals surface area contributed by atoms with E-state index in [0.29, 0.717) is 30.1 Å². The van der Waals surface area contributed by atoms with Crippen molar-refractivity contribution in [2.75, 3.05) is 18.1 Å². The smallest absolute Gasteiger partial charge is 0.251 e. The Kier molecular flexibility index (Phi) is 2.78. The molecule has 2 aromatic rings. The number of amides is 2. The minimum Gasteiger partial charge on any atom is -0.382 e. The number of nitrogen functional groups attached to an aromatic ring is 1. The molecule has 1 aliphatic heterocycles. The fourth-order valence-electron chi connectivity index (χ4n) is 2.26. The second kappa shape index (κ2) is 4.48. The van der Waals surface area contributed by atoms with Crippen LogP contribution >= 0.6 is 0 Å². The van der Waals surface area contributed by atoms with Crippen LogP contribution in [-0.2, 0) is 9.59 Å². The molecule has 3 heterocycles. The van der Waals surface area contributed by atoms with E-state index >= 15 is 0 Å². The standard InChI is InChI=1S/C12H14N6O2/c1-17-9(19)3-2-7(12(17)20)15-10-11-14-4-5-18(11)6-8(13)16-10/h4-7H,2-3,13H2,1H3,(H,15,16). The molecule has 20 heavy (non-hydrogen) atoms. The number of nitrogens with one attached hydrogen (secondary N) is 1. The van der Waals surface area contributed by atoms with Gasteiger partial charge in [-0.2, -0.15) is 0 Å². The Morgan fingerprint density at radius 1 is 1.45 bits per heavy atom. The molecule has 3 rings (SSSR count). The molecule has 0 aromatic carbocycles. The fourth-order valence-corrected chi connectivity index (χ4v) is 2.26. The van der Waals surface area contributed by atoms with Crippen molar-refractivity contribution in [3.8, 4) is 0 Å². The number of fused-ring (bicyclic) bond motifs is 1. The van der Waals surface area contributed by atoms with Gasteiger partial charge in [-0.15, -0.1) is 0 Å². The van der Waals surface area contributed by atoms with Crippen molar-refractivity contribution in [1.82, 2.24) is 19.3 Å². The van der Waals surface area contributed by atoms with E-state index in [0.717, 1.165) is 4.90 Å². The lowest BCUT2D eigenvalue weighted by atomic mass is 10.0. The van der Waals surface area contributed by atoms with E-state index in [9.17, 15) is 9.59 Å². The number of piperidine rings is 1. The first-order chi connectivity index (χ1) is 9.56. The molecule has 1 saturated heterocycles. The van der Waals surface area contributed by atoms with Crippen LogP contribution in [-0.4, -0.2) is 44.2 Å². The maximum Gasteiger partial charge on any atom is 0.251 e. The highest BCUT2D eigenvalue weighted by molar-refractivity contribution is 6.01. The monoisotopic (exact) mass is 274 g/mol. The van der Waals surface area contributed by atoms with Gasteiger partial charge in [0.2, 0.25) is 5.91 Å². The van der Waals surface area contributed by atoms with Crippen molar-refractivity contribution in [1.29, 1.82) is 0 Å². The van der Waals surface area contributed by atoms with E-state index in [1.54, 1.807) is 23.0 Å². The zero-order valence-corrected chi connectivity index (χ0v) is 10.9. The fraction of sp³-hybridized carbons (Fsp3) is 0.333. The molecule has 0 radical (unpaired) electrons. The summed E-state index contributed by atoms with van der Waals surface area (Å²) in [5, 5.41) is 3.03. The number of nitrogens with two attached hydrogens (primary N) is 1. The van der Waals surface area contributed by atoms with Gasteiger partial charge in [0.1, 0.15) is 11.9 Å². The minimum absolute atomic E-state index is 0.167. The second-order valence-electron chi connectivity index (χ2n) is 4.70. The summed E-state index contributed by atoms with van der Waals surface area (Å²) in [6.45, 7) is 0. The Balaban J connectivity index is 1.91. The first-order valence-corrected chi connectivity index (χ1v) is 6.22. The number of anilines is 2. The number of likely N-dealkylation sites (tertiary alicyclic amines) is 1. The maximum absolute atomic E-state index is 12.1. The summed E-state index contributed by atoms with van der Waals surface area (Å²) < 4.78 is 1.73. The van der Waals surface area contributed by atoms with Crippen LogP contribution in [0.2, 0.25) is 0 Å².